The summed E-state index contributed by atoms with van der Waals surface area (Å²) in [4.78, 5) is 0. The first-order valence-electron chi connectivity index (χ1n) is 6.03. The molecular weight excluding hydrogens is 407 g/mol. The van der Waals surface area contributed by atoms with E-state index in [9.17, 15) is 9.50 Å². The van der Waals surface area contributed by atoms with Gasteiger partial charge in [0.1, 0.15) is 27.9 Å². The highest BCUT2D eigenvalue weighted by Crippen LogP contribution is 2.42. The molecule has 0 saturated carbocycles. The summed E-state index contributed by atoms with van der Waals surface area (Å²) in [7, 11) is 3.04. The van der Waals surface area contributed by atoms with E-state index in [1.165, 1.54) is 19.2 Å². The number of aliphatic hydroxyl groups excluding tert-OH is 1. The number of aliphatic hydroxyl groups is 1. The van der Waals surface area contributed by atoms with Crippen molar-refractivity contribution in [3.8, 4) is 11.5 Å². The fourth-order valence-corrected chi connectivity index (χ4v) is 3.17. The van der Waals surface area contributed by atoms with E-state index < -0.39 is 11.9 Å². The first-order valence-corrected chi connectivity index (χ1v) is 7.61. The number of benzene rings is 2. The molecule has 0 aliphatic heterocycles. The minimum Gasteiger partial charge on any atom is -0.495 e. The fourth-order valence-electron chi connectivity index (χ4n) is 2.03. The quantitative estimate of drug-likeness (QED) is 0.795. The van der Waals surface area contributed by atoms with Crippen molar-refractivity contribution in [3.05, 3.63) is 56.2 Å². The van der Waals surface area contributed by atoms with E-state index in [0.717, 1.165) is 0 Å². The number of ether oxygens (including phenoxy) is 2. The van der Waals surface area contributed by atoms with Crippen LogP contribution in [0.5, 0.6) is 11.5 Å². The molecule has 0 heterocycles. The third kappa shape index (κ3) is 3.22. The van der Waals surface area contributed by atoms with E-state index in [1.54, 1.807) is 25.3 Å². The van der Waals surface area contributed by atoms with Crippen LogP contribution in [0.1, 0.15) is 17.2 Å². The Labute approximate surface area is 139 Å². The maximum Gasteiger partial charge on any atom is 0.142 e. The molecule has 3 nitrogen and oxygen atoms in total. The molecule has 0 saturated heterocycles. The van der Waals surface area contributed by atoms with Gasteiger partial charge in [0.05, 0.1) is 14.2 Å². The van der Waals surface area contributed by atoms with E-state index in [4.69, 9.17) is 9.47 Å². The van der Waals surface area contributed by atoms with Gasteiger partial charge in [-0.3, -0.25) is 0 Å². The summed E-state index contributed by atoms with van der Waals surface area (Å²) in [5.74, 6) is 0.609. The van der Waals surface area contributed by atoms with E-state index in [0.29, 0.717) is 31.6 Å². The Morgan fingerprint density at radius 1 is 1.05 bits per heavy atom. The predicted molar refractivity (Wildman–Crippen MR) is 85.4 cm³/mol. The minimum atomic E-state index is -1.03. The van der Waals surface area contributed by atoms with Gasteiger partial charge in [-0.15, -0.1) is 0 Å². The predicted octanol–water partition coefficient (Wildman–Crippen LogP) is 4.45. The SMILES string of the molecule is COc1ccc(C(O)c2cc(F)ccc2Br)c(OC)c1Br. The highest BCUT2D eigenvalue weighted by atomic mass is 79.9. The molecule has 0 bridgehead atoms. The van der Waals surface area contributed by atoms with Crippen LogP contribution in [-0.2, 0) is 0 Å². The van der Waals surface area contributed by atoms with Crippen molar-refractivity contribution >= 4 is 31.9 Å². The average Bonchev–Trinajstić information content (AvgIpc) is 2.48. The maximum absolute atomic E-state index is 13.4. The average molecular weight is 420 g/mol. The lowest BCUT2D eigenvalue weighted by Gasteiger charge is -2.19. The Hall–Kier alpha value is -1.11. The summed E-state index contributed by atoms with van der Waals surface area (Å²) >= 11 is 6.70. The third-order valence-corrected chi connectivity index (χ3v) is 4.54. The van der Waals surface area contributed by atoms with Crippen LogP contribution in [0.3, 0.4) is 0 Å². The zero-order valence-corrected chi connectivity index (χ0v) is 14.5. The zero-order valence-electron chi connectivity index (χ0n) is 11.4. The monoisotopic (exact) mass is 418 g/mol. The fraction of sp³-hybridized carbons (Fsp3) is 0.200. The molecule has 2 aromatic carbocycles. The van der Waals surface area contributed by atoms with Crippen molar-refractivity contribution in [1.29, 1.82) is 0 Å². The second kappa shape index (κ2) is 6.77. The Morgan fingerprint density at radius 2 is 1.76 bits per heavy atom. The normalized spacial score (nSPS) is 12.1. The molecule has 0 aliphatic rings. The molecule has 112 valence electrons. The summed E-state index contributed by atoms with van der Waals surface area (Å²) in [6, 6.07) is 7.55. The molecule has 0 aliphatic carbocycles. The summed E-state index contributed by atoms with van der Waals surface area (Å²) < 4.78 is 25.1. The van der Waals surface area contributed by atoms with Gasteiger partial charge in [0.2, 0.25) is 0 Å². The lowest BCUT2D eigenvalue weighted by atomic mass is 10.0. The van der Waals surface area contributed by atoms with Gasteiger partial charge in [0.25, 0.3) is 0 Å². The summed E-state index contributed by atoms with van der Waals surface area (Å²) in [6.07, 6.45) is -1.03. The van der Waals surface area contributed by atoms with Crippen LogP contribution in [-0.4, -0.2) is 19.3 Å². The van der Waals surface area contributed by atoms with Crippen LogP contribution in [0, 0.1) is 5.82 Å². The minimum absolute atomic E-state index is 0.418. The van der Waals surface area contributed by atoms with Gasteiger partial charge in [-0.1, -0.05) is 15.9 Å². The van der Waals surface area contributed by atoms with Crippen LogP contribution in [0.15, 0.2) is 39.3 Å². The number of rotatable bonds is 4. The molecule has 1 unspecified atom stereocenters. The van der Waals surface area contributed by atoms with Crippen LogP contribution >= 0.6 is 31.9 Å². The van der Waals surface area contributed by atoms with Gasteiger partial charge in [0, 0.05) is 15.6 Å². The van der Waals surface area contributed by atoms with Crippen LogP contribution in [0.25, 0.3) is 0 Å². The lowest BCUT2D eigenvalue weighted by Crippen LogP contribution is -2.05. The Kier molecular flexibility index (Phi) is 5.24. The molecule has 1 N–H and O–H groups in total. The van der Waals surface area contributed by atoms with Gasteiger partial charge < -0.3 is 14.6 Å². The van der Waals surface area contributed by atoms with E-state index in [2.05, 4.69) is 31.9 Å². The van der Waals surface area contributed by atoms with E-state index in [1.807, 2.05) is 0 Å². The molecule has 21 heavy (non-hydrogen) atoms. The zero-order chi connectivity index (χ0) is 15.6. The second-order valence-corrected chi connectivity index (χ2v) is 5.92. The third-order valence-electron chi connectivity index (χ3n) is 3.06. The van der Waals surface area contributed by atoms with Gasteiger partial charge in [0.15, 0.2) is 0 Å². The van der Waals surface area contributed by atoms with Crippen molar-refractivity contribution in [2.24, 2.45) is 0 Å². The van der Waals surface area contributed by atoms with E-state index >= 15 is 0 Å². The van der Waals surface area contributed by atoms with Gasteiger partial charge in [-0.25, -0.2) is 4.39 Å². The van der Waals surface area contributed by atoms with Crippen LogP contribution in [0.4, 0.5) is 4.39 Å². The second-order valence-electron chi connectivity index (χ2n) is 4.27. The molecular formula is C15H13Br2FO3. The molecule has 0 spiro atoms. The van der Waals surface area contributed by atoms with Gasteiger partial charge >= 0.3 is 0 Å². The molecule has 0 radical (unpaired) electrons. The van der Waals surface area contributed by atoms with Crippen molar-refractivity contribution in [1.82, 2.24) is 0 Å². The van der Waals surface area contributed by atoms with Crippen molar-refractivity contribution < 1.29 is 19.0 Å². The first kappa shape index (κ1) is 16.3. The maximum atomic E-state index is 13.4. The first-order chi connectivity index (χ1) is 9.99. The summed E-state index contributed by atoms with van der Waals surface area (Å²) in [5.41, 5.74) is 0.932. The largest absolute Gasteiger partial charge is 0.495 e. The molecule has 2 rings (SSSR count). The molecule has 6 heteroatoms. The summed E-state index contributed by atoms with van der Waals surface area (Å²) in [5, 5.41) is 10.6. The van der Waals surface area contributed by atoms with Crippen LogP contribution < -0.4 is 9.47 Å². The van der Waals surface area contributed by atoms with Gasteiger partial charge in [-0.2, -0.15) is 0 Å². The molecule has 2 aromatic rings. The van der Waals surface area contributed by atoms with Crippen molar-refractivity contribution in [2.75, 3.05) is 14.2 Å². The van der Waals surface area contributed by atoms with E-state index in [-0.39, 0.29) is 0 Å². The van der Waals surface area contributed by atoms with Crippen molar-refractivity contribution in [3.63, 3.8) is 0 Å². The Bertz CT molecular complexity index is 662. The van der Waals surface area contributed by atoms with Crippen LogP contribution in [0.2, 0.25) is 0 Å². The molecule has 0 amide bonds. The van der Waals surface area contributed by atoms with Gasteiger partial charge in [-0.05, 0) is 46.3 Å². The van der Waals surface area contributed by atoms with Crippen molar-refractivity contribution in [2.45, 2.75) is 6.10 Å². The number of hydrogen-bond donors (Lipinski definition) is 1. The highest BCUT2D eigenvalue weighted by molar-refractivity contribution is 9.11. The number of methoxy groups -OCH3 is 2. The molecule has 1 atom stereocenters. The molecule has 0 aromatic heterocycles. The molecule has 0 fully saturated rings. The Balaban J connectivity index is 2.55. The number of halogens is 3. The highest BCUT2D eigenvalue weighted by Gasteiger charge is 2.22. The smallest absolute Gasteiger partial charge is 0.142 e. The topological polar surface area (TPSA) is 38.7 Å². The lowest BCUT2D eigenvalue weighted by molar-refractivity contribution is 0.213. The summed E-state index contributed by atoms with van der Waals surface area (Å²) in [6.45, 7) is 0. The number of hydrogen-bond acceptors (Lipinski definition) is 3. The Morgan fingerprint density at radius 3 is 2.38 bits per heavy atom. The standard InChI is InChI=1S/C15H13Br2FO3/c1-20-12-6-4-9(15(21-2)13(12)17)14(19)10-7-8(18)3-5-11(10)16/h3-7,14,19H,1-2H3.